The van der Waals surface area contributed by atoms with E-state index in [4.69, 9.17) is 24.7 Å². The molecule has 4 rings (SSSR count). The SMILES string of the molecule is COc1cc(C2C(C#N)=C(N)Oc3cc(OC(=O)c4ccccc4[N+](=O)[O-])ccc32)ccc1OCC(C)C. The van der Waals surface area contributed by atoms with Gasteiger partial charge in [0.05, 0.1) is 24.6 Å². The molecule has 0 radical (unpaired) electrons. The van der Waals surface area contributed by atoms with Crippen LogP contribution < -0.4 is 24.7 Å². The van der Waals surface area contributed by atoms with Crippen molar-refractivity contribution in [2.24, 2.45) is 11.7 Å². The third-order valence-electron chi connectivity index (χ3n) is 5.81. The number of ether oxygens (including phenoxy) is 4. The molecule has 0 aliphatic carbocycles. The lowest BCUT2D eigenvalue weighted by molar-refractivity contribution is -0.385. The molecule has 0 spiro atoms. The number of carbonyl (C=O) groups excluding carboxylic acids is 1. The minimum absolute atomic E-state index is 0.0914. The van der Waals surface area contributed by atoms with E-state index in [1.54, 1.807) is 18.2 Å². The van der Waals surface area contributed by atoms with E-state index in [1.165, 1.54) is 43.5 Å². The summed E-state index contributed by atoms with van der Waals surface area (Å²) in [6.07, 6.45) is 0. The van der Waals surface area contributed by atoms with Gasteiger partial charge in [-0.1, -0.05) is 38.1 Å². The lowest BCUT2D eigenvalue weighted by Crippen LogP contribution is -2.21. The predicted molar refractivity (Wildman–Crippen MR) is 137 cm³/mol. The lowest BCUT2D eigenvalue weighted by atomic mass is 9.83. The van der Waals surface area contributed by atoms with Gasteiger partial charge in [0.25, 0.3) is 5.69 Å². The second-order valence-corrected chi connectivity index (χ2v) is 8.90. The number of fused-ring (bicyclic) bond motifs is 1. The number of hydrogen-bond acceptors (Lipinski definition) is 9. The van der Waals surface area contributed by atoms with Gasteiger partial charge in [0.2, 0.25) is 5.88 Å². The van der Waals surface area contributed by atoms with Crippen molar-refractivity contribution in [1.82, 2.24) is 0 Å². The molecule has 0 bridgehead atoms. The molecular formula is C28H25N3O7. The van der Waals surface area contributed by atoms with E-state index >= 15 is 0 Å². The first kappa shape index (κ1) is 26.0. The van der Waals surface area contributed by atoms with Gasteiger partial charge in [-0.2, -0.15) is 5.26 Å². The van der Waals surface area contributed by atoms with Gasteiger partial charge in [0.15, 0.2) is 11.5 Å². The van der Waals surface area contributed by atoms with Crippen LogP contribution in [0.1, 0.15) is 41.3 Å². The smallest absolute Gasteiger partial charge is 0.350 e. The van der Waals surface area contributed by atoms with Crippen molar-refractivity contribution in [3.05, 3.63) is 98.9 Å². The van der Waals surface area contributed by atoms with E-state index in [9.17, 15) is 20.2 Å². The number of nitrogens with zero attached hydrogens (tertiary/aromatic N) is 2. The summed E-state index contributed by atoms with van der Waals surface area (Å²) in [5, 5.41) is 21.2. The number of carbonyl (C=O) groups is 1. The Hall–Kier alpha value is -5.04. The maximum absolute atomic E-state index is 12.7. The Morgan fingerprint density at radius 2 is 1.92 bits per heavy atom. The molecule has 10 nitrogen and oxygen atoms in total. The number of benzene rings is 3. The second kappa shape index (κ2) is 10.9. The normalized spacial score (nSPS) is 14.2. The second-order valence-electron chi connectivity index (χ2n) is 8.90. The van der Waals surface area contributed by atoms with Crippen molar-refractivity contribution in [3.8, 4) is 29.1 Å². The summed E-state index contributed by atoms with van der Waals surface area (Å²) >= 11 is 0. The number of rotatable bonds is 8. The molecule has 0 saturated carbocycles. The fourth-order valence-corrected chi connectivity index (χ4v) is 4.05. The molecule has 3 aromatic rings. The molecule has 3 aromatic carbocycles. The van der Waals surface area contributed by atoms with Crippen LogP contribution in [0.2, 0.25) is 0 Å². The molecular weight excluding hydrogens is 490 g/mol. The zero-order chi connectivity index (χ0) is 27.4. The first-order chi connectivity index (χ1) is 18.2. The molecule has 2 N–H and O–H groups in total. The fourth-order valence-electron chi connectivity index (χ4n) is 4.05. The number of nitrogens with two attached hydrogens (primary N) is 1. The molecule has 194 valence electrons. The number of nitriles is 1. The highest BCUT2D eigenvalue weighted by Crippen LogP contribution is 2.45. The highest BCUT2D eigenvalue weighted by molar-refractivity contribution is 5.95. The van der Waals surface area contributed by atoms with Crippen LogP contribution in [-0.4, -0.2) is 24.6 Å². The average molecular weight is 516 g/mol. The maximum atomic E-state index is 12.7. The predicted octanol–water partition coefficient (Wildman–Crippen LogP) is 5.08. The highest BCUT2D eigenvalue weighted by Gasteiger charge is 2.32. The van der Waals surface area contributed by atoms with Crippen molar-refractivity contribution in [2.45, 2.75) is 19.8 Å². The van der Waals surface area contributed by atoms with Crippen LogP contribution >= 0.6 is 0 Å². The summed E-state index contributed by atoms with van der Waals surface area (Å²) in [4.78, 5) is 23.3. The molecule has 0 amide bonds. The summed E-state index contributed by atoms with van der Waals surface area (Å²) in [5.74, 6) is 0.195. The molecule has 0 aromatic heterocycles. The maximum Gasteiger partial charge on any atom is 0.350 e. The zero-order valence-corrected chi connectivity index (χ0v) is 21.0. The molecule has 1 aliphatic rings. The van der Waals surface area contributed by atoms with Gasteiger partial charge in [-0.3, -0.25) is 10.1 Å². The van der Waals surface area contributed by atoms with Gasteiger partial charge < -0.3 is 24.7 Å². The molecule has 1 aliphatic heterocycles. The number of esters is 1. The van der Waals surface area contributed by atoms with Gasteiger partial charge in [0.1, 0.15) is 28.7 Å². The van der Waals surface area contributed by atoms with Gasteiger partial charge in [-0.25, -0.2) is 4.79 Å². The van der Waals surface area contributed by atoms with Gasteiger partial charge in [0, 0.05) is 17.7 Å². The van der Waals surface area contributed by atoms with Crippen LogP contribution in [-0.2, 0) is 0 Å². The number of hydrogen-bond donors (Lipinski definition) is 1. The summed E-state index contributed by atoms with van der Waals surface area (Å²) < 4.78 is 22.5. The van der Waals surface area contributed by atoms with E-state index < -0.39 is 16.8 Å². The number of allylic oxidation sites excluding steroid dienone is 1. The zero-order valence-electron chi connectivity index (χ0n) is 21.0. The standard InChI is InChI=1S/C28H25N3O7/c1-16(2)15-36-23-11-8-17(12-25(23)35-3)26-20-10-9-18(13-24(20)38-27(30)21(26)14-29)37-28(32)19-6-4-5-7-22(19)31(33)34/h4-13,16,26H,15,30H2,1-3H3. The Kier molecular flexibility index (Phi) is 7.48. The summed E-state index contributed by atoms with van der Waals surface area (Å²) in [7, 11) is 1.53. The van der Waals surface area contributed by atoms with Gasteiger partial charge >= 0.3 is 5.97 Å². The average Bonchev–Trinajstić information content (AvgIpc) is 2.90. The third-order valence-corrected chi connectivity index (χ3v) is 5.81. The van der Waals surface area contributed by atoms with E-state index in [2.05, 4.69) is 6.07 Å². The molecule has 0 fully saturated rings. The number of methoxy groups -OCH3 is 1. The first-order valence-electron chi connectivity index (χ1n) is 11.7. The van der Waals surface area contributed by atoms with Crippen molar-refractivity contribution in [2.75, 3.05) is 13.7 Å². The third kappa shape index (κ3) is 5.22. The molecule has 1 unspecified atom stereocenters. The monoisotopic (exact) mass is 515 g/mol. The molecule has 10 heteroatoms. The molecule has 0 saturated heterocycles. The molecule has 1 heterocycles. The van der Waals surface area contributed by atoms with Crippen molar-refractivity contribution in [1.29, 1.82) is 5.26 Å². The van der Waals surface area contributed by atoms with Gasteiger partial charge in [-0.05, 0) is 35.7 Å². The van der Waals surface area contributed by atoms with E-state index in [0.717, 1.165) is 0 Å². The quantitative estimate of drug-likeness (QED) is 0.188. The van der Waals surface area contributed by atoms with Crippen LogP contribution in [0, 0.1) is 27.4 Å². The van der Waals surface area contributed by atoms with Crippen LogP contribution in [0.25, 0.3) is 0 Å². The van der Waals surface area contributed by atoms with E-state index in [-0.39, 0.29) is 34.2 Å². The topological polar surface area (TPSA) is 147 Å². The molecule has 38 heavy (non-hydrogen) atoms. The Bertz CT molecular complexity index is 1470. The fraction of sp³-hybridized carbons (Fsp3) is 0.214. The molecule has 1 atom stereocenters. The van der Waals surface area contributed by atoms with Crippen LogP contribution in [0.3, 0.4) is 0 Å². The largest absolute Gasteiger partial charge is 0.493 e. The Balaban J connectivity index is 1.69. The van der Waals surface area contributed by atoms with Crippen LogP contribution in [0.5, 0.6) is 23.0 Å². The van der Waals surface area contributed by atoms with Crippen molar-refractivity contribution >= 4 is 11.7 Å². The Morgan fingerprint density at radius 3 is 2.61 bits per heavy atom. The lowest BCUT2D eigenvalue weighted by Gasteiger charge is -2.27. The Morgan fingerprint density at radius 1 is 1.16 bits per heavy atom. The summed E-state index contributed by atoms with van der Waals surface area (Å²) in [6.45, 7) is 4.60. The van der Waals surface area contributed by atoms with Crippen molar-refractivity contribution in [3.63, 3.8) is 0 Å². The Labute approximate surface area is 219 Å². The van der Waals surface area contributed by atoms with E-state index in [1.807, 2.05) is 19.9 Å². The van der Waals surface area contributed by atoms with Crippen molar-refractivity contribution < 1.29 is 28.7 Å². The minimum Gasteiger partial charge on any atom is -0.493 e. The van der Waals surface area contributed by atoms with E-state index in [0.29, 0.717) is 35.2 Å². The van der Waals surface area contributed by atoms with Crippen LogP contribution in [0.15, 0.2) is 72.1 Å². The minimum atomic E-state index is -0.896. The number of nitro groups is 1. The number of para-hydroxylation sites is 1. The van der Waals surface area contributed by atoms with Crippen LogP contribution in [0.4, 0.5) is 5.69 Å². The highest BCUT2D eigenvalue weighted by atomic mass is 16.6. The number of nitro benzene ring substituents is 1. The first-order valence-corrected chi connectivity index (χ1v) is 11.7. The summed E-state index contributed by atoms with van der Waals surface area (Å²) in [6, 6.07) is 17.6. The summed E-state index contributed by atoms with van der Waals surface area (Å²) in [5.41, 5.74) is 7.08. The van der Waals surface area contributed by atoms with Gasteiger partial charge in [-0.15, -0.1) is 0 Å².